The summed E-state index contributed by atoms with van der Waals surface area (Å²) in [6, 6.07) is 5.33. The molecule has 1 aliphatic carbocycles. The SMILES string of the molecule is COc1cc(C(CC=C(C)C)SC(=O)c2cccs2)c(OC)c2c1C(=O)C=CC2=O. The Morgan fingerprint density at radius 2 is 1.83 bits per heavy atom. The predicted molar refractivity (Wildman–Crippen MR) is 120 cm³/mol. The molecule has 1 aromatic heterocycles. The molecule has 1 atom stereocenters. The highest BCUT2D eigenvalue weighted by Crippen LogP contribution is 2.46. The fraction of sp³-hybridized carbons (Fsp3) is 0.261. The molecule has 0 spiro atoms. The van der Waals surface area contributed by atoms with Gasteiger partial charge in [0.1, 0.15) is 11.5 Å². The van der Waals surface area contributed by atoms with Crippen molar-refractivity contribution in [2.75, 3.05) is 14.2 Å². The maximum Gasteiger partial charge on any atom is 0.229 e. The molecule has 1 aliphatic rings. The maximum atomic E-state index is 12.8. The van der Waals surface area contributed by atoms with Crippen molar-refractivity contribution in [3.63, 3.8) is 0 Å². The van der Waals surface area contributed by atoms with Gasteiger partial charge in [0.2, 0.25) is 5.12 Å². The van der Waals surface area contributed by atoms with E-state index in [4.69, 9.17) is 9.47 Å². The topological polar surface area (TPSA) is 69.7 Å². The van der Waals surface area contributed by atoms with E-state index < -0.39 is 0 Å². The Morgan fingerprint density at radius 3 is 2.40 bits per heavy atom. The lowest BCUT2D eigenvalue weighted by Crippen LogP contribution is -2.17. The Hall–Kier alpha value is -2.64. The molecule has 1 aromatic carbocycles. The van der Waals surface area contributed by atoms with E-state index in [0.717, 1.165) is 5.57 Å². The zero-order valence-corrected chi connectivity index (χ0v) is 18.8. The van der Waals surface area contributed by atoms with Crippen molar-refractivity contribution in [1.82, 2.24) is 0 Å². The molecule has 3 rings (SSSR count). The molecule has 2 aromatic rings. The van der Waals surface area contributed by atoms with Gasteiger partial charge in [0, 0.05) is 10.8 Å². The van der Waals surface area contributed by atoms with E-state index in [2.05, 4.69) is 0 Å². The molecule has 0 amide bonds. The number of allylic oxidation sites excluding steroid dienone is 4. The molecular weight excluding hydrogens is 420 g/mol. The first-order valence-electron chi connectivity index (χ1n) is 9.30. The first-order valence-corrected chi connectivity index (χ1v) is 11.1. The maximum absolute atomic E-state index is 12.8. The summed E-state index contributed by atoms with van der Waals surface area (Å²) in [6.07, 6.45) is 5.07. The van der Waals surface area contributed by atoms with Crippen molar-refractivity contribution in [3.05, 3.63) is 68.9 Å². The average Bonchev–Trinajstić information content (AvgIpc) is 3.27. The second-order valence-electron chi connectivity index (χ2n) is 6.90. The number of ether oxygens (including phenoxy) is 2. The van der Waals surface area contributed by atoms with Crippen molar-refractivity contribution >= 4 is 39.8 Å². The number of carbonyl (C=O) groups excluding carboxylic acids is 3. The first-order chi connectivity index (χ1) is 14.4. The van der Waals surface area contributed by atoms with Crippen LogP contribution >= 0.6 is 23.1 Å². The van der Waals surface area contributed by atoms with Gasteiger partial charge in [-0.3, -0.25) is 14.4 Å². The van der Waals surface area contributed by atoms with Gasteiger partial charge in [-0.1, -0.05) is 29.5 Å². The molecule has 0 radical (unpaired) electrons. The second kappa shape index (κ2) is 9.45. The lowest BCUT2D eigenvalue weighted by atomic mass is 9.89. The van der Waals surface area contributed by atoms with E-state index in [9.17, 15) is 14.4 Å². The van der Waals surface area contributed by atoms with Crippen LogP contribution < -0.4 is 9.47 Å². The Bertz CT molecular complexity index is 1040. The number of methoxy groups -OCH3 is 2. The summed E-state index contributed by atoms with van der Waals surface area (Å²) in [6.45, 7) is 3.97. The zero-order valence-electron chi connectivity index (χ0n) is 17.2. The number of thiophene rings is 1. The highest BCUT2D eigenvalue weighted by atomic mass is 32.2. The standard InChI is InChI=1S/C23H22O5S2/c1-13(2)7-10-18(30-23(26)19-6-5-11-29-19)14-12-17(27-3)20-15(24)8-9-16(25)21(20)22(14)28-4/h5-9,11-12,18H,10H2,1-4H3. The molecule has 0 saturated heterocycles. The van der Waals surface area contributed by atoms with E-state index >= 15 is 0 Å². The number of benzene rings is 1. The monoisotopic (exact) mass is 442 g/mol. The second-order valence-corrected chi connectivity index (χ2v) is 9.02. The quantitative estimate of drug-likeness (QED) is 0.515. The third-order valence-corrected chi connectivity index (χ3v) is 6.80. The Morgan fingerprint density at radius 1 is 1.13 bits per heavy atom. The number of rotatable bonds is 7. The van der Waals surface area contributed by atoms with Gasteiger partial charge in [-0.2, -0.15) is 0 Å². The van der Waals surface area contributed by atoms with Gasteiger partial charge in [-0.25, -0.2) is 0 Å². The normalized spacial score (nSPS) is 13.6. The number of thioether (sulfide) groups is 1. The van der Waals surface area contributed by atoms with Gasteiger partial charge in [0.25, 0.3) is 0 Å². The fourth-order valence-corrected chi connectivity index (χ4v) is 5.02. The molecule has 5 nitrogen and oxygen atoms in total. The number of hydrogen-bond donors (Lipinski definition) is 0. The lowest BCUT2D eigenvalue weighted by molar-refractivity contribution is 0.0988. The third kappa shape index (κ3) is 4.42. The number of hydrogen-bond acceptors (Lipinski definition) is 7. The number of ketones is 2. The third-order valence-electron chi connectivity index (χ3n) is 4.63. The molecular formula is C23H22O5S2. The van der Waals surface area contributed by atoms with Gasteiger partial charge in [-0.05, 0) is 49.9 Å². The van der Waals surface area contributed by atoms with Gasteiger partial charge in [0.05, 0.1) is 30.2 Å². The number of fused-ring (bicyclic) bond motifs is 1. The fourth-order valence-electron chi connectivity index (χ4n) is 3.24. The molecule has 0 bridgehead atoms. The molecule has 1 unspecified atom stereocenters. The summed E-state index contributed by atoms with van der Waals surface area (Å²) < 4.78 is 11.1. The van der Waals surface area contributed by atoms with E-state index in [0.29, 0.717) is 28.4 Å². The van der Waals surface area contributed by atoms with E-state index in [1.165, 1.54) is 49.5 Å². The van der Waals surface area contributed by atoms with Crippen LogP contribution in [0, 0.1) is 0 Å². The Labute approximate surface area is 183 Å². The minimum absolute atomic E-state index is 0.0572. The largest absolute Gasteiger partial charge is 0.496 e. The van der Waals surface area contributed by atoms with Crippen LogP contribution in [-0.4, -0.2) is 30.9 Å². The minimum atomic E-state index is -0.322. The molecule has 1 heterocycles. The molecule has 30 heavy (non-hydrogen) atoms. The minimum Gasteiger partial charge on any atom is -0.496 e. The Kier molecular flexibility index (Phi) is 6.95. The van der Waals surface area contributed by atoms with Crippen LogP contribution in [0.2, 0.25) is 0 Å². The first kappa shape index (κ1) is 22.1. The molecule has 0 aliphatic heterocycles. The molecule has 0 saturated carbocycles. The summed E-state index contributed by atoms with van der Waals surface area (Å²) >= 11 is 2.56. The van der Waals surface area contributed by atoms with Crippen LogP contribution in [0.25, 0.3) is 0 Å². The van der Waals surface area contributed by atoms with Crippen LogP contribution in [-0.2, 0) is 0 Å². The summed E-state index contributed by atoms with van der Waals surface area (Å²) in [5.41, 5.74) is 2.14. The molecule has 0 fully saturated rings. The smallest absolute Gasteiger partial charge is 0.229 e. The number of carbonyl (C=O) groups is 3. The van der Waals surface area contributed by atoms with Crippen molar-refractivity contribution < 1.29 is 23.9 Å². The van der Waals surface area contributed by atoms with Crippen LogP contribution in [0.1, 0.15) is 61.5 Å². The van der Waals surface area contributed by atoms with Gasteiger partial charge in [-0.15, -0.1) is 11.3 Å². The van der Waals surface area contributed by atoms with Crippen LogP contribution in [0.15, 0.2) is 47.4 Å². The highest BCUT2D eigenvalue weighted by Gasteiger charge is 2.32. The summed E-state index contributed by atoms with van der Waals surface area (Å²) in [5, 5.41) is 1.48. The Balaban J connectivity index is 2.16. The lowest BCUT2D eigenvalue weighted by Gasteiger charge is -2.24. The summed E-state index contributed by atoms with van der Waals surface area (Å²) in [7, 11) is 2.92. The van der Waals surface area contributed by atoms with Gasteiger partial charge in [0.15, 0.2) is 11.6 Å². The highest BCUT2D eigenvalue weighted by molar-refractivity contribution is 8.14. The summed E-state index contributed by atoms with van der Waals surface area (Å²) in [4.78, 5) is 38.6. The molecule has 7 heteroatoms. The van der Waals surface area contributed by atoms with Gasteiger partial charge < -0.3 is 9.47 Å². The van der Waals surface area contributed by atoms with Crippen LogP contribution in [0.5, 0.6) is 11.5 Å². The van der Waals surface area contributed by atoms with Crippen molar-refractivity contribution in [1.29, 1.82) is 0 Å². The van der Waals surface area contributed by atoms with E-state index in [-0.39, 0.29) is 33.1 Å². The predicted octanol–water partition coefficient (Wildman–Crippen LogP) is 5.67. The molecule has 0 N–H and O–H groups in total. The van der Waals surface area contributed by atoms with Gasteiger partial charge >= 0.3 is 0 Å². The summed E-state index contributed by atoms with van der Waals surface area (Å²) in [5.74, 6) is -0.0198. The zero-order chi connectivity index (χ0) is 21.8. The van der Waals surface area contributed by atoms with Crippen molar-refractivity contribution in [3.8, 4) is 11.5 Å². The van der Waals surface area contributed by atoms with E-state index in [1.807, 2.05) is 31.4 Å². The van der Waals surface area contributed by atoms with Crippen LogP contribution in [0.4, 0.5) is 0 Å². The molecule has 156 valence electrons. The van der Waals surface area contributed by atoms with Crippen LogP contribution in [0.3, 0.4) is 0 Å². The van der Waals surface area contributed by atoms with E-state index in [1.54, 1.807) is 12.1 Å². The van der Waals surface area contributed by atoms with Crippen molar-refractivity contribution in [2.45, 2.75) is 25.5 Å². The van der Waals surface area contributed by atoms with Crippen molar-refractivity contribution in [2.24, 2.45) is 0 Å². The average molecular weight is 443 g/mol.